The number of hydrogen-bond donors (Lipinski definition) is 0. The van der Waals surface area contributed by atoms with Crippen LogP contribution < -0.4 is 15.1 Å². The maximum atomic E-state index is 12.8. The molecule has 0 spiro atoms. The van der Waals surface area contributed by atoms with Crippen molar-refractivity contribution in [2.45, 2.75) is 0 Å². The molecule has 0 radical (unpaired) electrons. The maximum Gasteiger partial charge on any atom is 0.344 e. The van der Waals surface area contributed by atoms with E-state index in [4.69, 9.17) is 13.9 Å². The van der Waals surface area contributed by atoms with Gasteiger partial charge in [0.05, 0.1) is 19.6 Å². The lowest BCUT2D eigenvalue weighted by atomic mass is 9.94. The van der Waals surface area contributed by atoms with Crippen LogP contribution in [0, 0.1) is 0 Å². The van der Waals surface area contributed by atoms with Gasteiger partial charge in [-0.15, -0.1) is 0 Å². The molecular formula is C23H18O4. The lowest BCUT2D eigenvalue weighted by Gasteiger charge is -2.15. The Morgan fingerprint density at radius 1 is 0.778 bits per heavy atom. The Morgan fingerprint density at radius 3 is 2.00 bits per heavy atom. The van der Waals surface area contributed by atoms with E-state index < -0.39 is 5.63 Å². The smallest absolute Gasteiger partial charge is 0.344 e. The molecule has 0 atom stereocenters. The highest BCUT2D eigenvalue weighted by Gasteiger charge is 2.21. The Bertz CT molecular complexity index is 1150. The van der Waals surface area contributed by atoms with Gasteiger partial charge in [-0.05, 0) is 11.6 Å². The normalized spacial score (nSPS) is 10.7. The number of fused-ring (bicyclic) bond motifs is 1. The van der Waals surface area contributed by atoms with Crippen LogP contribution >= 0.6 is 0 Å². The van der Waals surface area contributed by atoms with Crippen LogP contribution in [0.4, 0.5) is 0 Å². The van der Waals surface area contributed by atoms with E-state index in [1.54, 1.807) is 26.4 Å². The number of hydrogen-bond acceptors (Lipinski definition) is 4. The van der Waals surface area contributed by atoms with Crippen LogP contribution in [0.1, 0.15) is 0 Å². The van der Waals surface area contributed by atoms with Crippen molar-refractivity contribution in [3.8, 4) is 33.9 Å². The summed E-state index contributed by atoms with van der Waals surface area (Å²) in [7, 11) is 3.14. The zero-order valence-electron chi connectivity index (χ0n) is 15.1. The summed E-state index contributed by atoms with van der Waals surface area (Å²) in [5, 5.41) is 1.13. The van der Waals surface area contributed by atoms with E-state index in [0.717, 1.165) is 16.7 Å². The van der Waals surface area contributed by atoms with Gasteiger partial charge < -0.3 is 13.9 Å². The predicted molar refractivity (Wildman–Crippen MR) is 106 cm³/mol. The van der Waals surface area contributed by atoms with E-state index in [1.165, 1.54) is 0 Å². The van der Waals surface area contributed by atoms with Crippen LogP contribution in [0.25, 0.3) is 33.2 Å². The number of methoxy groups -OCH3 is 2. The molecular weight excluding hydrogens is 340 g/mol. The zero-order chi connectivity index (χ0) is 18.8. The van der Waals surface area contributed by atoms with Crippen LogP contribution in [0.2, 0.25) is 0 Å². The summed E-state index contributed by atoms with van der Waals surface area (Å²) in [5.41, 5.74) is 2.15. The summed E-state index contributed by atoms with van der Waals surface area (Å²) in [4.78, 5) is 12.8. The molecule has 27 heavy (non-hydrogen) atoms. The highest BCUT2D eigenvalue weighted by Crippen LogP contribution is 2.42. The van der Waals surface area contributed by atoms with Gasteiger partial charge in [-0.25, -0.2) is 4.79 Å². The molecule has 1 heterocycles. The van der Waals surface area contributed by atoms with Crippen molar-refractivity contribution in [3.63, 3.8) is 0 Å². The molecule has 1 aromatic heterocycles. The fourth-order valence-corrected chi connectivity index (χ4v) is 3.27. The van der Waals surface area contributed by atoms with Crippen LogP contribution in [-0.4, -0.2) is 14.2 Å². The Morgan fingerprint density at radius 2 is 1.41 bits per heavy atom. The van der Waals surface area contributed by atoms with Gasteiger partial charge in [-0.3, -0.25) is 0 Å². The third-order valence-electron chi connectivity index (χ3n) is 4.52. The highest BCUT2D eigenvalue weighted by atomic mass is 16.5. The minimum Gasteiger partial charge on any atom is -0.497 e. The second kappa shape index (κ2) is 7.00. The first kappa shape index (κ1) is 16.9. The van der Waals surface area contributed by atoms with Crippen molar-refractivity contribution in [3.05, 3.63) is 83.2 Å². The molecule has 0 aliphatic rings. The topological polar surface area (TPSA) is 48.7 Å². The molecule has 4 nitrogen and oxygen atoms in total. The molecule has 0 amide bonds. The average Bonchev–Trinajstić information content (AvgIpc) is 2.74. The standard InChI is InChI=1S/C23H18O4/c1-25-17-13-18-21(19(14-17)26-2)20(15-9-5-3-6-10-15)22(27-23(18)24)16-11-7-4-8-12-16/h3-14H,1-2H3. The first-order valence-electron chi connectivity index (χ1n) is 8.56. The average molecular weight is 358 g/mol. The van der Waals surface area contributed by atoms with Crippen molar-refractivity contribution < 1.29 is 13.9 Å². The molecule has 4 rings (SSSR count). The minimum absolute atomic E-state index is 0.421. The van der Waals surface area contributed by atoms with Crippen LogP contribution in [0.15, 0.2) is 82.0 Å². The van der Waals surface area contributed by atoms with E-state index in [-0.39, 0.29) is 0 Å². The van der Waals surface area contributed by atoms with Crippen molar-refractivity contribution in [1.82, 2.24) is 0 Å². The van der Waals surface area contributed by atoms with E-state index in [2.05, 4.69) is 0 Å². The van der Waals surface area contributed by atoms with E-state index in [0.29, 0.717) is 28.0 Å². The van der Waals surface area contributed by atoms with Crippen LogP contribution in [0.3, 0.4) is 0 Å². The molecule has 0 saturated carbocycles. The van der Waals surface area contributed by atoms with Gasteiger partial charge in [0.1, 0.15) is 17.3 Å². The van der Waals surface area contributed by atoms with Gasteiger partial charge in [-0.2, -0.15) is 0 Å². The first-order valence-corrected chi connectivity index (χ1v) is 8.56. The fraction of sp³-hybridized carbons (Fsp3) is 0.0870. The van der Waals surface area contributed by atoms with Gasteiger partial charge in [0.25, 0.3) is 0 Å². The van der Waals surface area contributed by atoms with E-state index >= 15 is 0 Å². The minimum atomic E-state index is -0.430. The summed E-state index contributed by atoms with van der Waals surface area (Å²) in [6, 6.07) is 22.9. The molecule has 0 bridgehead atoms. The molecule has 0 aliphatic heterocycles. The van der Waals surface area contributed by atoms with Gasteiger partial charge in [-0.1, -0.05) is 60.7 Å². The second-order valence-corrected chi connectivity index (χ2v) is 6.08. The summed E-state index contributed by atoms with van der Waals surface area (Å²) in [6.07, 6.45) is 0. The lowest BCUT2D eigenvalue weighted by Crippen LogP contribution is -2.05. The third-order valence-corrected chi connectivity index (χ3v) is 4.52. The summed E-state index contributed by atoms with van der Waals surface area (Å²) in [5.74, 6) is 1.62. The molecule has 3 aromatic carbocycles. The quantitative estimate of drug-likeness (QED) is 0.506. The van der Waals surface area contributed by atoms with Crippen molar-refractivity contribution in [2.24, 2.45) is 0 Å². The zero-order valence-corrected chi connectivity index (χ0v) is 15.1. The van der Waals surface area contributed by atoms with E-state index in [1.807, 2.05) is 60.7 Å². The molecule has 4 aromatic rings. The number of benzene rings is 3. The molecule has 0 fully saturated rings. The van der Waals surface area contributed by atoms with Crippen LogP contribution in [-0.2, 0) is 0 Å². The first-order chi connectivity index (χ1) is 13.2. The van der Waals surface area contributed by atoms with Gasteiger partial charge in [0.2, 0.25) is 0 Å². The highest BCUT2D eigenvalue weighted by molar-refractivity contribution is 6.05. The second-order valence-electron chi connectivity index (χ2n) is 6.08. The number of ether oxygens (including phenoxy) is 2. The van der Waals surface area contributed by atoms with Gasteiger partial charge in [0, 0.05) is 22.6 Å². The molecule has 134 valence electrons. The molecule has 0 N–H and O–H groups in total. The molecule has 4 heteroatoms. The monoisotopic (exact) mass is 358 g/mol. The fourth-order valence-electron chi connectivity index (χ4n) is 3.27. The Hall–Kier alpha value is -3.53. The van der Waals surface area contributed by atoms with Crippen molar-refractivity contribution >= 4 is 10.8 Å². The molecule has 0 unspecified atom stereocenters. The SMILES string of the molecule is COc1cc(OC)c2c(-c3ccccc3)c(-c3ccccc3)oc(=O)c2c1. The van der Waals surface area contributed by atoms with Gasteiger partial charge >= 0.3 is 5.63 Å². The Labute approximate surface area is 156 Å². The molecule has 0 aliphatic carbocycles. The van der Waals surface area contributed by atoms with Crippen molar-refractivity contribution in [2.75, 3.05) is 14.2 Å². The van der Waals surface area contributed by atoms with Crippen LogP contribution in [0.5, 0.6) is 11.5 Å². The molecule has 0 saturated heterocycles. The Balaban J connectivity index is 2.20. The van der Waals surface area contributed by atoms with E-state index in [9.17, 15) is 4.79 Å². The van der Waals surface area contributed by atoms with Crippen molar-refractivity contribution in [1.29, 1.82) is 0 Å². The summed E-state index contributed by atoms with van der Waals surface area (Å²) < 4.78 is 16.7. The largest absolute Gasteiger partial charge is 0.497 e. The predicted octanol–water partition coefficient (Wildman–Crippen LogP) is 5.14. The maximum absolute atomic E-state index is 12.8. The third kappa shape index (κ3) is 2.95. The summed E-state index contributed by atoms with van der Waals surface area (Å²) in [6.45, 7) is 0. The number of rotatable bonds is 4. The summed E-state index contributed by atoms with van der Waals surface area (Å²) >= 11 is 0. The lowest BCUT2D eigenvalue weighted by molar-refractivity contribution is 0.397. The van der Waals surface area contributed by atoms with Gasteiger partial charge in [0.15, 0.2) is 0 Å². The Kier molecular flexibility index (Phi) is 4.38.